The molecule has 0 aliphatic carbocycles. The summed E-state index contributed by atoms with van der Waals surface area (Å²) in [4.78, 5) is 2.44. The predicted octanol–water partition coefficient (Wildman–Crippen LogP) is 2.77. The Bertz CT molecular complexity index is 504. The van der Waals surface area contributed by atoms with E-state index in [-0.39, 0.29) is 18.5 Å². The highest BCUT2D eigenvalue weighted by Gasteiger charge is 2.29. The summed E-state index contributed by atoms with van der Waals surface area (Å²) >= 11 is 0. The summed E-state index contributed by atoms with van der Waals surface area (Å²) in [7, 11) is 0. The van der Waals surface area contributed by atoms with E-state index in [1.54, 1.807) is 0 Å². The summed E-state index contributed by atoms with van der Waals surface area (Å²) in [6, 6.07) is 0. The Labute approximate surface area is 138 Å². The lowest BCUT2D eigenvalue weighted by Gasteiger charge is -2.27. The van der Waals surface area contributed by atoms with Crippen molar-refractivity contribution in [2.45, 2.75) is 39.7 Å². The summed E-state index contributed by atoms with van der Waals surface area (Å²) in [5.41, 5.74) is 4.21. The number of halogens is 1. The number of hydrogen-bond donors (Lipinski definition) is 1. The highest BCUT2D eigenvalue weighted by atomic mass is 35.5. The lowest BCUT2D eigenvalue weighted by atomic mass is 9.95. The van der Waals surface area contributed by atoms with Gasteiger partial charge in [0.2, 0.25) is 0 Å². The number of phenols is 1. The molecule has 2 heterocycles. The molecule has 1 saturated heterocycles. The second-order valence-electron chi connectivity index (χ2n) is 6.22. The van der Waals surface area contributed by atoms with E-state index in [1.807, 2.05) is 20.8 Å². The number of morpholine rings is 1. The topological polar surface area (TPSA) is 41.9 Å². The Morgan fingerprint density at radius 3 is 2.45 bits per heavy atom. The van der Waals surface area contributed by atoms with E-state index >= 15 is 0 Å². The monoisotopic (exact) mass is 327 g/mol. The van der Waals surface area contributed by atoms with E-state index in [0.29, 0.717) is 5.75 Å². The van der Waals surface area contributed by atoms with Gasteiger partial charge in [0, 0.05) is 31.6 Å². The molecule has 0 saturated carbocycles. The minimum absolute atomic E-state index is 0. The fourth-order valence-corrected chi connectivity index (χ4v) is 3.32. The first-order chi connectivity index (χ1) is 10.1. The second kappa shape index (κ2) is 7.07. The third-order valence-electron chi connectivity index (χ3n) is 4.93. The lowest BCUT2D eigenvalue weighted by Crippen LogP contribution is -2.38. The van der Waals surface area contributed by atoms with Crippen LogP contribution < -0.4 is 4.74 Å². The van der Waals surface area contributed by atoms with Gasteiger partial charge in [-0.05, 0) is 43.9 Å². The number of phenolic OH excluding ortho intramolecular Hbond substituents is 1. The van der Waals surface area contributed by atoms with Crippen molar-refractivity contribution in [2.24, 2.45) is 0 Å². The van der Waals surface area contributed by atoms with Gasteiger partial charge in [-0.2, -0.15) is 0 Å². The number of rotatable bonds is 3. The number of hydrogen-bond acceptors (Lipinski definition) is 4. The molecule has 0 bridgehead atoms. The summed E-state index contributed by atoms with van der Waals surface area (Å²) < 4.78 is 11.6. The van der Waals surface area contributed by atoms with Crippen molar-refractivity contribution in [3.05, 3.63) is 22.3 Å². The van der Waals surface area contributed by atoms with Crippen LogP contribution in [0.3, 0.4) is 0 Å². The molecule has 0 unspecified atom stereocenters. The van der Waals surface area contributed by atoms with E-state index in [9.17, 15) is 5.11 Å². The Balaban J connectivity index is 0.00000176. The Morgan fingerprint density at radius 1 is 1.09 bits per heavy atom. The number of fused-ring (bicyclic) bond motifs is 1. The average molecular weight is 328 g/mol. The Morgan fingerprint density at radius 2 is 1.77 bits per heavy atom. The maximum Gasteiger partial charge on any atom is 0.126 e. The molecule has 0 amide bonds. The standard InChI is InChI=1S/C17H25NO3.ClH/c1-11-12(2)17-15(13(3)16(11)19)10-14(21-17)4-5-18-6-8-20-9-7-18;/h14,19H,4-10H2,1-3H3;1H/t14-;/m1./s1. The number of benzene rings is 1. The van der Waals surface area contributed by atoms with Crippen LogP contribution in [0.25, 0.3) is 0 Å². The first-order valence-electron chi connectivity index (χ1n) is 7.86. The van der Waals surface area contributed by atoms with Gasteiger partial charge >= 0.3 is 0 Å². The van der Waals surface area contributed by atoms with Crippen LogP contribution in [0.15, 0.2) is 0 Å². The number of nitrogens with zero attached hydrogens (tertiary/aromatic N) is 1. The molecule has 0 aromatic heterocycles. The van der Waals surface area contributed by atoms with Crippen LogP contribution in [0.5, 0.6) is 11.5 Å². The summed E-state index contributed by atoms with van der Waals surface area (Å²) in [5.74, 6) is 1.44. The average Bonchev–Trinajstić information content (AvgIpc) is 2.94. The minimum Gasteiger partial charge on any atom is -0.507 e. The van der Waals surface area contributed by atoms with Crippen molar-refractivity contribution in [3.63, 3.8) is 0 Å². The molecule has 1 N–H and O–H groups in total. The number of aromatic hydroxyl groups is 1. The van der Waals surface area contributed by atoms with Crippen molar-refractivity contribution in [3.8, 4) is 11.5 Å². The molecule has 5 heteroatoms. The summed E-state index contributed by atoms with van der Waals surface area (Å²) in [5, 5.41) is 10.2. The zero-order valence-electron chi connectivity index (χ0n) is 13.6. The van der Waals surface area contributed by atoms with Crippen LogP contribution in [0, 0.1) is 20.8 Å². The third kappa shape index (κ3) is 3.19. The summed E-state index contributed by atoms with van der Waals surface area (Å²) in [6.45, 7) is 10.8. The van der Waals surface area contributed by atoms with Gasteiger partial charge in [0.15, 0.2) is 0 Å². The SMILES string of the molecule is Cc1c(C)c2c(c(C)c1O)C[C@@H](CCN1CCOCC1)O2.Cl. The first kappa shape index (κ1) is 17.4. The maximum atomic E-state index is 10.2. The molecule has 0 spiro atoms. The zero-order chi connectivity index (χ0) is 15.0. The van der Waals surface area contributed by atoms with Crippen LogP contribution in [0.4, 0.5) is 0 Å². The number of ether oxygens (including phenoxy) is 2. The zero-order valence-corrected chi connectivity index (χ0v) is 14.5. The van der Waals surface area contributed by atoms with Gasteiger partial charge in [0.25, 0.3) is 0 Å². The van der Waals surface area contributed by atoms with Crippen molar-refractivity contribution >= 4 is 12.4 Å². The van der Waals surface area contributed by atoms with Gasteiger partial charge in [-0.1, -0.05) is 0 Å². The fourth-order valence-electron chi connectivity index (χ4n) is 3.32. The van der Waals surface area contributed by atoms with Gasteiger partial charge in [-0.15, -0.1) is 12.4 Å². The molecule has 2 aliphatic heterocycles. The highest BCUT2D eigenvalue weighted by Crippen LogP contribution is 2.42. The quantitative estimate of drug-likeness (QED) is 0.927. The third-order valence-corrected chi connectivity index (χ3v) is 4.93. The second-order valence-corrected chi connectivity index (χ2v) is 6.22. The van der Waals surface area contributed by atoms with E-state index < -0.39 is 0 Å². The molecule has 1 fully saturated rings. The van der Waals surface area contributed by atoms with Crippen molar-refractivity contribution in [2.75, 3.05) is 32.8 Å². The van der Waals surface area contributed by atoms with Crippen LogP contribution in [-0.4, -0.2) is 49.0 Å². The molecular weight excluding hydrogens is 302 g/mol. The van der Waals surface area contributed by atoms with Gasteiger partial charge in [0.1, 0.15) is 17.6 Å². The normalized spacial score (nSPS) is 21.1. The molecule has 3 rings (SSSR count). The molecule has 22 heavy (non-hydrogen) atoms. The van der Waals surface area contributed by atoms with Crippen molar-refractivity contribution < 1.29 is 14.6 Å². The highest BCUT2D eigenvalue weighted by molar-refractivity contribution is 5.85. The van der Waals surface area contributed by atoms with Crippen molar-refractivity contribution in [1.29, 1.82) is 0 Å². The van der Waals surface area contributed by atoms with Gasteiger partial charge < -0.3 is 14.6 Å². The Kier molecular flexibility index (Phi) is 5.59. The summed E-state index contributed by atoms with van der Waals surface area (Å²) in [6.07, 6.45) is 2.19. The smallest absolute Gasteiger partial charge is 0.126 e. The van der Waals surface area contributed by atoms with Crippen LogP contribution >= 0.6 is 12.4 Å². The van der Waals surface area contributed by atoms with Gasteiger partial charge in [-0.3, -0.25) is 4.90 Å². The molecule has 4 nitrogen and oxygen atoms in total. The van der Waals surface area contributed by atoms with E-state index in [4.69, 9.17) is 9.47 Å². The van der Waals surface area contributed by atoms with Crippen LogP contribution in [-0.2, 0) is 11.2 Å². The fraction of sp³-hybridized carbons (Fsp3) is 0.647. The first-order valence-corrected chi connectivity index (χ1v) is 7.86. The largest absolute Gasteiger partial charge is 0.507 e. The maximum absolute atomic E-state index is 10.2. The van der Waals surface area contributed by atoms with Crippen LogP contribution in [0.1, 0.15) is 28.7 Å². The lowest BCUT2D eigenvalue weighted by molar-refractivity contribution is 0.0328. The molecule has 2 aliphatic rings. The molecule has 1 aromatic rings. The predicted molar refractivity (Wildman–Crippen MR) is 89.6 cm³/mol. The molecular formula is C17H26ClNO3. The van der Waals surface area contributed by atoms with Crippen molar-refractivity contribution in [1.82, 2.24) is 4.90 Å². The molecule has 0 radical (unpaired) electrons. The Hall–Kier alpha value is -0.970. The van der Waals surface area contributed by atoms with Crippen LogP contribution in [0.2, 0.25) is 0 Å². The minimum atomic E-state index is 0. The molecule has 124 valence electrons. The molecule has 1 aromatic carbocycles. The van der Waals surface area contributed by atoms with E-state index in [1.165, 1.54) is 5.56 Å². The van der Waals surface area contributed by atoms with E-state index in [2.05, 4.69) is 4.90 Å². The van der Waals surface area contributed by atoms with Gasteiger partial charge in [0.05, 0.1) is 13.2 Å². The molecule has 1 atom stereocenters. The van der Waals surface area contributed by atoms with Gasteiger partial charge in [-0.25, -0.2) is 0 Å². The van der Waals surface area contributed by atoms with E-state index in [0.717, 1.165) is 68.1 Å².